The second-order valence-corrected chi connectivity index (χ2v) is 5.63. The Balaban J connectivity index is 2.17. The van der Waals surface area contributed by atoms with Gasteiger partial charge >= 0.3 is 0 Å². The average Bonchev–Trinajstić information content (AvgIpc) is 3.21. The van der Waals surface area contributed by atoms with Crippen molar-refractivity contribution in [3.63, 3.8) is 0 Å². The molecule has 2 heterocycles. The summed E-state index contributed by atoms with van der Waals surface area (Å²) >= 11 is 1.51. The highest BCUT2D eigenvalue weighted by Crippen LogP contribution is 2.27. The van der Waals surface area contributed by atoms with Gasteiger partial charge in [-0.25, -0.2) is 4.68 Å². The Morgan fingerprint density at radius 2 is 1.96 bits per heavy atom. The van der Waals surface area contributed by atoms with Crippen LogP contribution in [0.25, 0.3) is 17.3 Å². The van der Waals surface area contributed by atoms with Gasteiger partial charge in [-0.1, -0.05) is 24.3 Å². The number of nitrogen functional groups attached to an aromatic ring is 1. The number of hydrogen-bond donors (Lipinski definition) is 1. The maximum absolute atomic E-state index is 9.46. The summed E-state index contributed by atoms with van der Waals surface area (Å²) < 4.78 is 1.48. The summed E-state index contributed by atoms with van der Waals surface area (Å²) in [5.41, 5.74) is 7.61. The molecule has 2 N–H and O–H groups in total. The molecule has 0 atom stereocenters. The molecule has 110 valence electrons. The van der Waals surface area contributed by atoms with Gasteiger partial charge in [0.05, 0.1) is 11.3 Å². The third-order valence-corrected chi connectivity index (χ3v) is 4.06. The van der Waals surface area contributed by atoms with E-state index in [1.165, 1.54) is 16.0 Å². The molecule has 3 rings (SSSR count). The van der Waals surface area contributed by atoms with Crippen molar-refractivity contribution in [2.24, 2.45) is 0 Å². The predicted octanol–water partition coefficient (Wildman–Crippen LogP) is 3.45. The van der Waals surface area contributed by atoms with Crippen molar-refractivity contribution in [3.05, 3.63) is 64.0 Å². The Hall–Kier alpha value is -3.35. The van der Waals surface area contributed by atoms with Crippen LogP contribution in [0.15, 0.2) is 47.8 Å². The first-order valence-corrected chi connectivity index (χ1v) is 7.62. The van der Waals surface area contributed by atoms with Gasteiger partial charge in [0.2, 0.25) is 0 Å². The molecular weight excluding hydrogens is 306 g/mol. The number of nitrogens with zero attached hydrogens (tertiary/aromatic N) is 4. The SMILES string of the molecule is N#C/C(=C\c1cccs1)c1nn(-c2ccccc2)c(N)c1C#N. The lowest BCUT2D eigenvalue weighted by atomic mass is 10.1. The highest BCUT2D eigenvalue weighted by Gasteiger charge is 2.19. The monoisotopic (exact) mass is 317 g/mol. The number of anilines is 1. The Morgan fingerprint density at radius 3 is 2.57 bits per heavy atom. The molecule has 1 aromatic carbocycles. The average molecular weight is 317 g/mol. The summed E-state index contributed by atoms with van der Waals surface area (Å²) in [6.45, 7) is 0. The van der Waals surface area contributed by atoms with E-state index >= 15 is 0 Å². The first-order valence-electron chi connectivity index (χ1n) is 6.74. The van der Waals surface area contributed by atoms with E-state index in [1.54, 1.807) is 6.08 Å². The number of hydrogen-bond acceptors (Lipinski definition) is 5. The van der Waals surface area contributed by atoms with Crippen molar-refractivity contribution in [2.75, 3.05) is 5.73 Å². The van der Waals surface area contributed by atoms with Crippen LogP contribution in [0.3, 0.4) is 0 Å². The molecule has 5 nitrogen and oxygen atoms in total. The van der Waals surface area contributed by atoms with Gasteiger partial charge in [-0.05, 0) is 29.7 Å². The molecule has 0 unspecified atom stereocenters. The first-order chi connectivity index (χ1) is 11.2. The Bertz CT molecular complexity index is 938. The highest BCUT2D eigenvalue weighted by atomic mass is 32.1. The van der Waals surface area contributed by atoms with E-state index in [-0.39, 0.29) is 11.4 Å². The van der Waals surface area contributed by atoms with Gasteiger partial charge in [-0.15, -0.1) is 11.3 Å². The molecule has 6 heteroatoms. The molecule has 0 radical (unpaired) electrons. The molecule has 0 amide bonds. The maximum Gasteiger partial charge on any atom is 0.145 e. The van der Waals surface area contributed by atoms with E-state index in [1.807, 2.05) is 47.8 Å². The van der Waals surface area contributed by atoms with Crippen molar-refractivity contribution in [3.8, 4) is 17.8 Å². The molecule has 23 heavy (non-hydrogen) atoms. The summed E-state index contributed by atoms with van der Waals surface area (Å²) in [5, 5.41) is 25.2. The number of thiophene rings is 1. The van der Waals surface area contributed by atoms with Gasteiger partial charge in [-0.3, -0.25) is 0 Å². The molecule has 0 aliphatic carbocycles. The molecule has 0 aliphatic heterocycles. The predicted molar refractivity (Wildman–Crippen MR) is 90.5 cm³/mol. The quantitative estimate of drug-likeness (QED) is 0.749. The minimum absolute atomic E-state index is 0.207. The van der Waals surface area contributed by atoms with E-state index in [9.17, 15) is 10.5 Å². The van der Waals surface area contributed by atoms with E-state index in [4.69, 9.17) is 5.73 Å². The van der Waals surface area contributed by atoms with E-state index < -0.39 is 0 Å². The Labute approximate surface area is 137 Å². The number of nitrogens with two attached hydrogens (primary N) is 1. The third kappa shape index (κ3) is 2.71. The fourth-order valence-electron chi connectivity index (χ4n) is 2.17. The van der Waals surface area contributed by atoms with Gasteiger partial charge in [-0.2, -0.15) is 15.6 Å². The third-order valence-electron chi connectivity index (χ3n) is 3.24. The van der Waals surface area contributed by atoms with Crippen LogP contribution in [0, 0.1) is 22.7 Å². The molecule has 0 bridgehead atoms. The van der Waals surface area contributed by atoms with Crippen LogP contribution >= 0.6 is 11.3 Å². The van der Waals surface area contributed by atoms with Crippen LogP contribution in [0.4, 0.5) is 5.82 Å². The zero-order valence-corrected chi connectivity index (χ0v) is 12.8. The van der Waals surface area contributed by atoms with Crippen LogP contribution < -0.4 is 5.73 Å². The number of para-hydroxylation sites is 1. The van der Waals surface area contributed by atoms with Gasteiger partial charge < -0.3 is 5.73 Å². The van der Waals surface area contributed by atoms with Crippen molar-refractivity contribution in [1.29, 1.82) is 10.5 Å². The smallest absolute Gasteiger partial charge is 0.145 e. The maximum atomic E-state index is 9.46. The summed E-state index contributed by atoms with van der Waals surface area (Å²) in [6, 6.07) is 17.2. The number of benzene rings is 1. The van der Waals surface area contributed by atoms with Crippen LogP contribution in [0.1, 0.15) is 16.1 Å². The molecule has 3 aromatic rings. The van der Waals surface area contributed by atoms with Crippen LogP contribution in [0.2, 0.25) is 0 Å². The summed E-state index contributed by atoms with van der Waals surface area (Å²) in [5.74, 6) is 0.223. The second-order valence-electron chi connectivity index (χ2n) is 4.65. The van der Waals surface area contributed by atoms with Gasteiger partial charge in [0.1, 0.15) is 29.2 Å². The molecule has 0 saturated carbocycles. The van der Waals surface area contributed by atoms with Crippen molar-refractivity contribution in [2.45, 2.75) is 0 Å². The lowest BCUT2D eigenvalue weighted by molar-refractivity contribution is 0.885. The number of allylic oxidation sites excluding steroid dienone is 1. The normalized spacial score (nSPS) is 11.0. The zero-order chi connectivity index (χ0) is 16.2. The van der Waals surface area contributed by atoms with Crippen molar-refractivity contribution in [1.82, 2.24) is 9.78 Å². The second kappa shape index (κ2) is 6.18. The Morgan fingerprint density at radius 1 is 1.17 bits per heavy atom. The molecule has 0 spiro atoms. The Kier molecular flexibility index (Phi) is 3.92. The summed E-state index contributed by atoms with van der Waals surface area (Å²) in [4.78, 5) is 0.915. The number of nitriles is 2. The van der Waals surface area contributed by atoms with E-state index in [0.717, 1.165) is 10.6 Å². The van der Waals surface area contributed by atoms with Gasteiger partial charge in [0.25, 0.3) is 0 Å². The molecular formula is C17H11N5S. The van der Waals surface area contributed by atoms with E-state index in [2.05, 4.69) is 17.2 Å². The largest absolute Gasteiger partial charge is 0.382 e. The fraction of sp³-hybridized carbons (Fsp3) is 0. The van der Waals surface area contributed by atoms with Crippen LogP contribution in [-0.4, -0.2) is 9.78 Å². The molecule has 2 aromatic heterocycles. The minimum Gasteiger partial charge on any atom is -0.382 e. The van der Waals surface area contributed by atoms with E-state index in [0.29, 0.717) is 11.3 Å². The molecule has 0 aliphatic rings. The van der Waals surface area contributed by atoms with Crippen LogP contribution in [0.5, 0.6) is 0 Å². The van der Waals surface area contributed by atoms with Crippen molar-refractivity contribution >= 4 is 28.8 Å². The lowest BCUT2D eigenvalue weighted by Crippen LogP contribution is -2.02. The first kappa shape index (κ1) is 14.6. The zero-order valence-electron chi connectivity index (χ0n) is 12.0. The molecule has 0 fully saturated rings. The highest BCUT2D eigenvalue weighted by molar-refractivity contribution is 7.10. The van der Waals surface area contributed by atoms with Crippen LogP contribution in [-0.2, 0) is 0 Å². The van der Waals surface area contributed by atoms with Gasteiger partial charge in [0, 0.05) is 4.88 Å². The van der Waals surface area contributed by atoms with Gasteiger partial charge in [0.15, 0.2) is 0 Å². The standard InChI is InChI=1S/C17H11N5S/c18-10-12(9-14-7-4-8-23-14)16-15(11-19)17(20)22(21-16)13-5-2-1-3-6-13/h1-9H,20H2/b12-9+. The van der Waals surface area contributed by atoms with Crippen molar-refractivity contribution < 1.29 is 0 Å². The molecule has 0 saturated heterocycles. The number of aromatic nitrogens is 2. The summed E-state index contributed by atoms with van der Waals surface area (Å²) in [7, 11) is 0. The summed E-state index contributed by atoms with van der Waals surface area (Å²) in [6.07, 6.45) is 1.71. The number of rotatable bonds is 3. The minimum atomic E-state index is 0.207. The fourth-order valence-corrected chi connectivity index (χ4v) is 2.82. The lowest BCUT2D eigenvalue weighted by Gasteiger charge is -2.02. The topological polar surface area (TPSA) is 91.4 Å².